The number of thioether (sulfide) groups is 1. The number of benzene rings is 3. The zero-order valence-electron chi connectivity index (χ0n) is 32.7. The number of aliphatic hydroxyl groups is 1. The first-order valence-electron chi connectivity index (χ1n) is 19.6. The van der Waals surface area contributed by atoms with Crippen molar-refractivity contribution in [2.45, 2.75) is 93.5 Å². The van der Waals surface area contributed by atoms with Crippen molar-refractivity contribution in [1.29, 1.82) is 0 Å². The van der Waals surface area contributed by atoms with Crippen LogP contribution in [0.1, 0.15) is 89.2 Å². The van der Waals surface area contributed by atoms with Crippen molar-refractivity contribution >= 4 is 34.7 Å². The quantitative estimate of drug-likeness (QED) is 0.181. The number of carbonyl (C=O) groups excluding carboxylic acids is 2. The first-order chi connectivity index (χ1) is 27.3. The van der Waals surface area contributed by atoms with Gasteiger partial charge in [0.05, 0.1) is 31.1 Å². The summed E-state index contributed by atoms with van der Waals surface area (Å²) in [6, 6.07) is 8.24. The van der Waals surface area contributed by atoms with Gasteiger partial charge in [0, 0.05) is 75.6 Å². The van der Waals surface area contributed by atoms with E-state index < -0.39 is 45.9 Å². The number of fused-ring (bicyclic) bond motifs is 11. The second-order valence-corrected chi connectivity index (χ2v) is 18.4. The Morgan fingerprint density at radius 1 is 1.09 bits per heavy atom. The van der Waals surface area contributed by atoms with Crippen LogP contribution in [0.4, 0.5) is 0 Å². The van der Waals surface area contributed by atoms with E-state index in [1.165, 1.54) is 6.92 Å². The second kappa shape index (κ2) is 11.8. The van der Waals surface area contributed by atoms with Crippen LogP contribution >= 0.6 is 11.8 Å². The van der Waals surface area contributed by atoms with Crippen molar-refractivity contribution in [2.75, 3.05) is 39.4 Å². The van der Waals surface area contributed by atoms with Gasteiger partial charge in [-0.25, -0.2) is 4.79 Å². The number of para-hydroxylation sites is 1. The predicted molar refractivity (Wildman–Crippen MR) is 208 cm³/mol. The van der Waals surface area contributed by atoms with Gasteiger partial charge in [0.25, 0.3) is 0 Å². The molecule has 8 atom stereocenters. The number of furan rings is 1. The summed E-state index contributed by atoms with van der Waals surface area (Å²) < 4.78 is 37.7. The third-order valence-electron chi connectivity index (χ3n) is 14.0. The number of aryl methyl sites for hydroxylation is 1. The molecule has 4 bridgehead atoms. The summed E-state index contributed by atoms with van der Waals surface area (Å²) in [5, 5.41) is 26.9. The number of hydrogen-bond donors (Lipinski definition) is 3. The summed E-state index contributed by atoms with van der Waals surface area (Å²) in [6.45, 7) is 10.2. The zero-order valence-corrected chi connectivity index (χ0v) is 33.5. The number of methoxy groups -OCH3 is 1. The highest BCUT2D eigenvalue weighted by Gasteiger charge is 2.71. The number of ether oxygens (including phenoxy) is 5. The normalized spacial score (nSPS) is 33.2. The van der Waals surface area contributed by atoms with E-state index in [0.29, 0.717) is 52.9 Å². The molecule has 0 aliphatic carbocycles. The molecule has 4 aromatic rings. The lowest BCUT2D eigenvalue weighted by Crippen LogP contribution is -2.66. The molecular formula is C43H45N3O10S. The van der Waals surface area contributed by atoms with E-state index in [0.717, 1.165) is 45.2 Å². The summed E-state index contributed by atoms with van der Waals surface area (Å²) in [7, 11) is 1.59. The van der Waals surface area contributed by atoms with E-state index in [-0.39, 0.29) is 43.6 Å². The minimum Gasteiger partial charge on any atom is -0.504 e. The molecule has 9 heterocycles. The molecule has 8 aliphatic heterocycles. The van der Waals surface area contributed by atoms with Gasteiger partial charge in [-0.1, -0.05) is 18.2 Å². The summed E-state index contributed by atoms with van der Waals surface area (Å²) in [5.74, 6) is 1.73. The van der Waals surface area contributed by atoms with Crippen LogP contribution in [-0.2, 0) is 31.8 Å². The maximum atomic E-state index is 15.0. The highest BCUT2D eigenvalue weighted by Crippen LogP contribution is 2.71. The fraction of sp³-hybridized carbons (Fsp3) is 0.488. The number of aliphatic hydroxyl groups excluding tert-OH is 1. The number of aromatic hydroxyl groups is 1. The monoisotopic (exact) mass is 795 g/mol. The molecular weight excluding hydrogens is 751 g/mol. The Morgan fingerprint density at radius 2 is 1.88 bits per heavy atom. The Bertz CT molecular complexity index is 2470. The van der Waals surface area contributed by atoms with Gasteiger partial charge in [0.2, 0.25) is 6.79 Å². The van der Waals surface area contributed by atoms with Crippen LogP contribution in [-0.4, -0.2) is 89.0 Å². The predicted octanol–water partition coefficient (Wildman–Crippen LogP) is 5.32. The van der Waals surface area contributed by atoms with Crippen LogP contribution in [0.3, 0.4) is 0 Å². The number of phenols is 1. The zero-order chi connectivity index (χ0) is 39.5. The summed E-state index contributed by atoms with van der Waals surface area (Å²) >= 11 is 1.56. The van der Waals surface area contributed by atoms with E-state index >= 15 is 4.79 Å². The maximum absolute atomic E-state index is 15.0. The highest BCUT2D eigenvalue weighted by atomic mass is 32.2. The molecule has 298 valence electrons. The van der Waals surface area contributed by atoms with E-state index in [9.17, 15) is 15.0 Å². The van der Waals surface area contributed by atoms with Crippen LogP contribution in [0, 0.1) is 13.8 Å². The molecule has 12 rings (SSSR count). The number of piperazine rings is 1. The average molecular weight is 796 g/mol. The van der Waals surface area contributed by atoms with Crippen LogP contribution in [0.25, 0.3) is 11.0 Å². The number of carbonyl (C=O) groups is 2. The number of nitrogens with one attached hydrogen (secondary N) is 1. The summed E-state index contributed by atoms with van der Waals surface area (Å²) in [6.07, 6.45) is 1.22. The fourth-order valence-corrected chi connectivity index (χ4v) is 13.8. The van der Waals surface area contributed by atoms with Gasteiger partial charge in [0.1, 0.15) is 23.7 Å². The van der Waals surface area contributed by atoms with Crippen LogP contribution in [0.2, 0.25) is 0 Å². The molecule has 3 N–H and O–H groups in total. The topological polar surface area (TPSA) is 152 Å². The third kappa shape index (κ3) is 4.40. The number of rotatable bonds is 3. The largest absolute Gasteiger partial charge is 0.504 e. The van der Waals surface area contributed by atoms with Crippen LogP contribution < -0.4 is 24.3 Å². The van der Waals surface area contributed by atoms with Gasteiger partial charge in [0.15, 0.2) is 28.5 Å². The molecule has 14 heteroatoms. The smallest absolute Gasteiger partial charge is 0.335 e. The Kier molecular flexibility index (Phi) is 7.39. The Hall–Kier alpha value is -4.47. The Labute approximate surface area is 333 Å². The fourth-order valence-electron chi connectivity index (χ4n) is 12.1. The molecule has 3 saturated heterocycles. The first-order valence-corrected chi connectivity index (χ1v) is 20.7. The molecule has 0 radical (unpaired) electrons. The molecule has 0 saturated carbocycles. The van der Waals surface area contributed by atoms with E-state index in [4.69, 9.17) is 28.1 Å². The van der Waals surface area contributed by atoms with Gasteiger partial charge in [-0.05, 0) is 63.8 Å². The van der Waals surface area contributed by atoms with Crippen molar-refractivity contribution in [3.8, 4) is 28.7 Å². The number of phenolic OH excluding ortho intramolecular Hbond substituents is 1. The Morgan fingerprint density at radius 3 is 2.65 bits per heavy atom. The van der Waals surface area contributed by atoms with Crippen molar-refractivity contribution in [1.82, 2.24) is 15.1 Å². The minimum absolute atomic E-state index is 0.00354. The van der Waals surface area contributed by atoms with Gasteiger partial charge < -0.3 is 38.3 Å². The van der Waals surface area contributed by atoms with Crippen molar-refractivity contribution in [3.05, 3.63) is 75.0 Å². The average Bonchev–Trinajstić information content (AvgIpc) is 3.93. The van der Waals surface area contributed by atoms with Gasteiger partial charge in [-0.15, -0.1) is 11.8 Å². The molecule has 13 nitrogen and oxygen atoms in total. The molecule has 2 unspecified atom stereocenters. The molecule has 8 aliphatic rings. The summed E-state index contributed by atoms with van der Waals surface area (Å²) in [4.78, 5) is 33.2. The first kappa shape index (κ1) is 35.7. The molecule has 0 amide bonds. The van der Waals surface area contributed by atoms with Crippen LogP contribution in [0.5, 0.6) is 28.7 Å². The number of esters is 2. The second-order valence-electron chi connectivity index (χ2n) is 17.3. The van der Waals surface area contributed by atoms with E-state index in [1.54, 1.807) is 18.9 Å². The lowest BCUT2D eigenvalue weighted by atomic mass is 9.72. The summed E-state index contributed by atoms with van der Waals surface area (Å²) in [5.41, 5.74) is 4.21. The van der Waals surface area contributed by atoms with Crippen molar-refractivity contribution < 1.29 is 47.9 Å². The van der Waals surface area contributed by atoms with Gasteiger partial charge >= 0.3 is 11.9 Å². The number of hydrogen-bond acceptors (Lipinski definition) is 14. The highest BCUT2D eigenvalue weighted by molar-refractivity contribution is 7.99. The molecule has 57 heavy (non-hydrogen) atoms. The van der Waals surface area contributed by atoms with Crippen molar-refractivity contribution in [2.24, 2.45) is 0 Å². The third-order valence-corrected chi connectivity index (χ3v) is 15.5. The van der Waals surface area contributed by atoms with Gasteiger partial charge in [-0.3, -0.25) is 19.9 Å². The van der Waals surface area contributed by atoms with Gasteiger partial charge in [-0.2, -0.15) is 0 Å². The molecule has 3 fully saturated rings. The Balaban J connectivity index is 1.19. The molecule has 3 aromatic carbocycles. The van der Waals surface area contributed by atoms with E-state index in [1.807, 2.05) is 38.1 Å². The van der Waals surface area contributed by atoms with Crippen LogP contribution in [0.15, 0.2) is 34.7 Å². The lowest BCUT2D eigenvalue weighted by molar-refractivity contribution is -0.159. The molecule has 1 spiro atoms. The molecule has 1 aromatic heterocycles. The van der Waals surface area contributed by atoms with Crippen molar-refractivity contribution in [3.63, 3.8) is 0 Å². The number of nitrogens with zero attached hydrogens (tertiary/aromatic N) is 2. The maximum Gasteiger partial charge on any atom is 0.335 e. The standard InChI is InChI=1S/C43H45N3O10S/c1-19-11-25-28(33(49)34(19)51-6)31-32-38-30-29(37-36(53-18-54-37)20(2)35(30)55-21(3)48)26(46(32)41(4)15-42(25,5)45(31)16-41)14-52-40(50)43(17-57-38)39-24(12-22(13-47)44-43)23-9-7-8-10-27(23)56-39/h7-11,22,26,31-32,38,44,47,49H,12-18H2,1-6H3/t22-,26-,31+,32?,38+,41-,42?,43+/m0/s1. The minimum atomic E-state index is -1.47. The SMILES string of the molecule is COc1c(C)cc2c(c1O)[C@@H]1C3[C@@H]4SC[C@]5(N[C@H](CO)Cc6c5oc5ccccc65)C(=O)OC[C@@H](c5c6c(c(C)c(OC(C)=O)c54)OCO6)N3[C@]3(C)CN1C2(C)C3. The lowest BCUT2D eigenvalue weighted by Gasteiger charge is -2.60. The van der Waals surface area contributed by atoms with E-state index in [2.05, 4.69) is 35.0 Å².